The third kappa shape index (κ3) is 7.21. The lowest BCUT2D eigenvalue weighted by molar-refractivity contribution is -0.159. The van der Waals surface area contributed by atoms with Gasteiger partial charge in [-0.1, -0.05) is 60.7 Å². The maximum atomic E-state index is 11.9. The van der Waals surface area contributed by atoms with Gasteiger partial charge in [0.15, 0.2) is 0 Å². The molecule has 0 amide bonds. The van der Waals surface area contributed by atoms with Crippen molar-refractivity contribution < 1.29 is 19.1 Å². The number of ether oxygens (including phenoxy) is 2. The van der Waals surface area contributed by atoms with Crippen molar-refractivity contribution in [3.8, 4) is 0 Å². The average Bonchev–Trinajstić information content (AvgIpc) is 2.55. The van der Waals surface area contributed by atoms with E-state index in [0.717, 1.165) is 11.1 Å². The van der Waals surface area contributed by atoms with Gasteiger partial charge in [-0.3, -0.25) is 9.59 Å². The van der Waals surface area contributed by atoms with E-state index < -0.39 is 11.9 Å². The summed E-state index contributed by atoms with van der Waals surface area (Å²) >= 11 is 0. The molecule has 4 heteroatoms. The SMILES string of the molecule is CC(Cc1ccccc1)OC(=O)CC(=O)OC(C)Cc1ccccc1. The van der Waals surface area contributed by atoms with Crippen molar-refractivity contribution >= 4 is 11.9 Å². The smallest absolute Gasteiger partial charge is 0.317 e. The first-order valence-corrected chi connectivity index (χ1v) is 8.49. The Bertz CT molecular complexity index is 607. The zero-order valence-corrected chi connectivity index (χ0v) is 14.7. The van der Waals surface area contributed by atoms with Crippen LogP contribution in [0.25, 0.3) is 0 Å². The van der Waals surface area contributed by atoms with E-state index in [9.17, 15) is 9.59 Å². The van der Waals surface area contributed by atoms with Crippen LogP contribution in [-0.2, 0) is 31.9 Å². The molecule has 2 unspecified atom stereocenters. The molecule has 0 fully saturated rings. The molecule has 0 radical (unpaired) electrons. The lowest BCUT2D eigenvalue weighted by atomic mass is 10.1. The highest BCUT2D eigenvalue weighted by Gasteiger charge is 2.17. The molecule has 2 aromatic carbocycles. The van der Waals surface area contributed by atoms with Gasteiger partial charge in [0.25, 0.3) is 0 Å². The minimum Gasteiger partial charge on any atom is -0.462 e. The van der Waals surface area contributed by atoms with Gasteiger partial charge in [-0.15, -0.1) is 0 Å². The highest BCUT2D eigenvalue weighted by atomic mass is 16.6. The van der Waals surface area contributed by atoms with E-state index in [4.69, 9.17) is 9.47 Å². The highest BCUT2D eigenvalue weighted by molar-refractivity contribution is 5.91. The molecule has 4 nitrogen and oxygen atoms in total. The molecule has 0 spiro atoms. The van der Waals surface area contributed by atoms with E-state index in [2.05, 4.69) is 0 Å². The zero-order valence-electron chi connectivity index (χ0n) is 14.7. The fourth-order valence-electron chi connectivity index (χ4n) is 2.63. The maximum absolute atomic E-state index is 11.9. The molecule has 0 aromatic heterocycles. The lowest BCUT2D eigenvalue weighted by Crippen LogP contribution is -2.23. The normalized spacial score (nSPS) is 12.9. The van der Waals surface area contributed by atoms with Gasteiger partial charge in [0.1, 0.15) is 18.6 Å². The molecule has 132 valence electrons. The van der Waals surface area contributed by atoms with Crippen molar-refractivity contribution in [3.63, 3.8) is 0 Å². The van der Waals surface area contributed by atoms with Crippen LogP contribution in [0.4, 0.5) is 0 Å². The van der Waals surface area contributed by atoms with Crippen LogP contribution in [0, 0.1) is 0 Å². The molecule has 0 saturated heterocycles. The van der Waals surface area contributed by atoms with Crippen LogP contribution >= 0.6 is 0 Å². The van der Waals surface area contributed by atoms with Crippen LogP contribution in [0.15, 0.2) is 60.7 Å². The third-order valence-corrected chi connectivity index (χ3v) is 3.69. The molecular weight excluding hydrogens is 316 g/mol. The molecule has 0 aliphatic heterocycles. The van der Waals surface area contributed by atoms with Crippen LogP contribution in [-0.4, -0.2) is 24.1 Å². The molecule has 2 aromatic rings. The van der Waals surface area contributed by atoms with Gasteiger partial charge in [-0.2, -0.15) is 0 Å². The summed E-state index contributed by atoms with van der Waals surface area (Å²) in [6, 6.07) is 19.5. The number of carbonyl (C=O) groups excluding carboxylic acids is 2. The maximum Gasteiger partial charge on any atom is 0.317 e. The zero-order chi connectivity index (χ0) is 18.1. The van der Waals surface area contributed by atoms with E-state index in [1.807, 2.05) is 74.5 Å². The van der Waals surface area contributed by atoms with E-state index in [-0.39, 0.29) is 18.6 Å². The average molecular weight is 340 g/mol. The van der Waals surface area contributed by atoms with Crippen LogP contribution < -0.4 is 0 Å². The highest BCUT2D eigenvalue weighted by Crippen LogP contribution is 2.09. The van der Waals surface area contributed by atoms with Crippen molar-refractivity contribution in [1.82, 2.24) is 0 Å². The number of hydrogen-bond acceptors (Lipinski definition) is 4. The monoisotopic (exact) mass is 340 g/mol. The minimum absolute atomic E-state index is 0.288. The Morgan fingerprint density at radius 3 is 1.44 bits per heavy atom. The predicted molar refractivity (Wildman–Crippen MR) is 96.0 cm³/mol. The standard InChI is InChI=1S/C21H24O4/c1-16(13-18-9-5-3-6-10-18)24-20(22)15-21(23)25-17(2)14-19-11-7-4-8-12-19/h3-12,16-17H,13-15H2,1-2H3. The Kier molecular flexibility index (Phi) is 7.20. The molecule has 0 saturated carbocycles. The second kappa shape index (κ2) is 9.62. The minimum atomic E-state index is -0.555. The van der Waals surface area contributed by atoms with Crippen LogP contribution in [0.1, 0.15) is 31.4 Å². The van der Waals surface area contributed by atoms with Crippen LogP contribution in [0.3, 0.4) is 0 Å². The second-order valence-electron chi connectivity index (χ2n) is 6.16. The fraction of sp³-hybridized carbons (Fsp3) is 0.333. The number of rotatable bonds is 8. The third-order valence-electron chi connectivity index (χ3n) is 3.69. The first kappa shape index (κ1) is 18.7. The van der Waals surface area contributed by atoms with Gasteiger partial charge in [0, 0.05) is 12.8 Å². The molecule has 0 aliphatic carbocycles. The number of carbonyl (C=O) groups is 2. The van der Waals surface area contributed by atoms with Crippen molar-refractivity contribution in [2.75, 3.05) is 0 Å². The van der Waals surface area contributed by atoms with Crippen LogP contribution in [0.5, 0.6) is 0 Å². The summed E-state index contributed by atoms with van der Waals surface area (Å²) in [5.41, 5.74) is 2.17. The van der Waals surface area contributed by atoms with Gasteiger partial charge in [0.05, 0.1) is 0 Å². The fourth-order valence-corrected chi connectivity index (χ4v) is 2.63. The lowest BCUT2D eigenvalue weighted by Gasteiger charge is -2.15. The molecule has 0 aliphatic rings. The molecule has 0 bridgehead atoms. The number of benzene rings is 2. The molecule has 0 heterocycles. The Balaban J connectivity index is 1.71. The van der Waals surface area contributed by atoms with Crippen molar-refractivity contribution in [1.29, 1.82) is 0 Å². The van der Waals surface area contributed by atoms with Crippen molar-refractivity contribution in [2.24, 2.45) is 0 Å². The molecule has 0 N–H and O–H groups in total. The van der Waals surface area contributed by atoms with E-state index in [0.29, 0.717) is 12.8 Å². The Hall–Kier alpha value is -2.62. The van der Waals surface area contributed by atoms with Gasteiger partial charge < -0.3 is 9.47 Å². The molecule has 2 atom stereocenters. The van der Waals surface area contributed by atoms with E-state index >= 15 is 0 Å². The summed E-state index contributed by atoms with van der Waals surface area (Å²) in [6.45, 7) is 3.63. The largest absolute Gasteiger partial charge is 0.462 e. The number of hydrogen-bond donors (Lipinski definition) is 0. The summed E-state index contributed by atoms with van der Waals surface area (Å²) in [7, 11) is 0. The topological polar surface area (TPSA) is 52.6 Å². The first-order chi connectivity index (χ1) is 12.0. The molecule has 2 rings (SSSR count). The Labute approximate surface area is 148 Å². The summed E-state index contributed by atoms with van der Waals surface area (Å²) < 4.78 is 10.6. The van der Waals surface area contributed by atoms with Gasteiger partial charge >= 0.3 is 11.9 Å². The summed E-state index contributed by atoms with van der Waals surface area (Å²) in [5.74, 6) is -1.11. The Morgan fingerprint density at radius 2 is 1.08 bits per heavy atom. The van der Waals surface area contributed by atoms with E-state index in [1.54, 1.807) is 0 Å². The van der Waals surface area contributed by atoms with Crippen molar-refractivity contribution in [2.45, 2.75) is 45.3 Å². The summed E-state index contributed by atoms with van der Waals surface area (Å²) in [4.78, 5) is 23.7. The second-order valence-corrected chi connectivity index (χ2v) is 6.16. The van der Waals surface area contributed by atoms with E-state index in [1.165, 1.54) is 0 Å². The first-order valence-electron chi connectivity index (χ1n) is 8.49. The Morgan fingerprint density at radius 1 is 0.720 bits per heavy atom. The molecule has 25 heavy (non-hydrogen) atoms. The van der Waals surface area contributed by atoms with Crippen LogP contribution in [0.2, 0.25) is 0 Å². The summed E-state index contributed by atoms with van der Waals surface area (Å²) in [6.07, 6.45) is 0.296. The van der Waals surface area contributed by atoms with Crippen molar-refractivity contribution in [3.05, 3.63) is 71.8 Å². The van der Waals surface area contributed by atoms with Gasteiger partial charge in [-0.25, -0.2) is 0 Å². The quantitative estimate of drug-likeness (QED) is 0.543. The van der Waals surface area contributed by atoms with Gasteiger partial charge in [0.2, 0.25) is 0 Å². The van der Waals surface area contributed by atoms with Gasteiger partial charge in [-0.05, 0) is 25.0 Å². The molecular formula is C21H24O4. The summed E-state index contributed by atoms with van der Waals surface area (Å²) in [5, 5.41) is 0. The number of esters is 2. The predicted octanol–water partition coefficient (Wildman–Crippen LogP) is 3.73.